The number of nitrogens with zero attached hydrogens (tertiary/aromatic N) is 3. The third-order valence-electron chi connectivity index (χ3n) is 10.7. The lowest BCUT2D eigenvalue weighted by Gasteiger charge is -2.27. The minimum absolute atomic E-state index is 0.0572. The molecule has 14 N–H and O–H groups in total. The first kappa shape index (κ1) is 49.3. The first-order chi connectivity index (χ1) is 28.9. The van der Waals surface area contributed by atoms with Gasteiger partial charge in [0, 0.05) is 62.5 Å². The van der Waals surface area contributed by atoms with Crippen molar-refractivity contribution in [2.75, 3.05) is 45.9 Å². The van der Waals surface area contributed by atoms with Crippen LogP contribution in [-0.4, -0.2) is 183 Å². The number of fused-ring (bicyclic) bond motifs is 2. The number of pyridine rings is 1. The molecule has 0 radical (unpaired) electrons. The van der Waals surface area contributed by atoms with Crippen molar-refractivity contribution in [3.8, 4) is 11.5 Å². The minimum Gasteiger partial charge on any atom is -0.507 e. The Morgan fingerprint density at radius 1 is 0.623 bits per heavy atom. The van der Waals surface area contributed by atoms with Crippen molar-refractivity contribution in [3.05, 3.63) is 87.2 Å². The number of aromatic hydroxyl groups is 2. The molecule has 2 amide bonds. The van der Waals surface area contributed by atoms with Crippen molar-refractivity contribution in [2.24, 2.45) is 0 Å². The van der Waals surface area contributed by atoms with Gasteiger partial charge in [0.05, 0.1) is 42.2 Å². The lowest BCUT2D eigenvalue weighted by atomic mass is 10.0. The topological polar surface area (TPSA) is 320 Å². The molecule has 0 aliphatic carbocycles. The molecule has 0 spiro atoms. The number of aryl methyl sites for hydroxylation is 2. The lowest BCUT2D eigenvalue weighted by Crippen LogP contribution is -2.49. The van der Waals surface area contributed by atoms with E-state index in [0.29, 0.717) is 54.9 Å². The van der Waals surface area contributed by atoms with Gasteiger partial charge in [0.25, 0.3) is 11.8 Å². The molecule has 1 aliphatic heterocycles. The number of benzene rings is 2. The average molecular weight is 860 g/mol. The molecule has 61 heavy (non-hydrogen) atoms. The van der Waals surface area contributed by atoms with Crippen LogP contribution < -0.4 is 10.6 Å². The number of hydrogen-bond acceptors (Lipinski definition) is 17. The van der Waals surface area contributed by atoms with Gasteiger partial charge in [-0.1, -0.05) is 18.2 Å². The molecule has 2 heterocycles. The number of nitrogens with one attached hydrogen (secondary N) is 2. The van der Waals surface area contributed by atoms with E-state index in [1.54, 1.807) is 26.0 Å². The van der Waals surface area contributed by atoms with E-state index in [2.05, 4.69) is 20.4 Å². The molecule has 8 atom stereocenters. The molecule has 3 aromatic rings. The normalized spacial score (nSPS) is 18.4. The Bertz CT molecular complexity index is 1900. The molecule has 0 saturated heterocycles. The summed E-state index contributed by atoms with van der Waals surface area (Å²) in [6.45, 7) is 3.56. The van der Waals surface area contributed by atoms with Gasteiger partial charge in [-0.25, -0.2) is 0 Å². The smallest absolute Gasteiger partial charge is 0.255 e. The molecule has 19 heteroatoms. The van der Waals surface area contributed by atoms with Gasteiger partial charge in [-0.05, 0) is 75.2 Å². The minimum atomic E-state index is -1.87. The Morgan fingerprint density at radius 3 is 1.52 bits per heavy atom. The van der Waals surface area contributed by atoms with E-state index in [-0.39, 0.29) is 35.7 Å². The second kappa shape index (κ2) is 23.2. The summed E-state index contributed by atoms with van der Waals surface area (Å²) in [5.41, 5.74) is 3.82. The van der Waals surface area contributed by atoms with Crippen LogP contribution in [0, 0.1) is 13.8 Å². The number of aliphatic hydroxyl groups is 10. The van der Waals surface area contributed by atoms with E-state index in [4.69, 9.17) is 15.2 Å². The molecule has 2 aromatic carbocycles. The zero-order chi connectivity index (χ0) is 45.0. The summed E-state index contributed by atoms with van der Waals surface area (Å²) in [5, 5.41) is 125. The van der Waals surface area contributed by atoms with Gasteiger partial charge >= 0.3 is 0 Å². The zero-order valence-electron chi connectivity index (χ0n) is 34.4. The molecular weight excluding hydrogens is 798 g/mol. The summed E-state index contributed by atoms with van der Waals surface area (Å²) in [6, 6.07) is 12.2. The number of aromatic nitrogens is 1. The Morgan fingerprint density at radius 2 is 1.05 bits per heavy atom. The monoisotopic (exact) mass is 859 g/mol. The van der Waals surface area contributed by atoms with E-state index in [1.807, 2.05) is 18.2 Å². The molecule has 4 rings (SSSR count). The largest absolute Gasteiger partial charge is 0.507 e. The molecular formula is C42H61N5O14. The van der Waals surface area contributed by atoms with Crippen molar-refractivity contribution < 1.29 is 70.9 Å². The fraction of sp³-hybridized carbons (Fsp3) is 0.548. The predicted molar refractivity (Wildman–Crippen MR) is 219 cm³/mol. The van der Waals surface area contributed by atoms with Gasteiger partial charge in [0.15, 0.2) is 0 Å². The summed E-state index contributed by atoms with van der Waals surface area (Å²) in [7, 11) is 0. The summed E-state index contributed by atoms with van der Waals surface area (Å²) in [6.07, 6.45) is -12.2. The molecule has 19 nitrogen and oxygen atoms in total. The van der Waals surface area contributed by atoms with E-state index in [1.165, 1.54) is 12.1 Å². The van der Waals surface area contributed by atoms with Gasteiger partial charge in [-0.2, -0.15) is 0 Å². The number of rotatable bonds is 18. The zero-order valence-corrected chi connectivity index (χ0v) is 34.4. The summed E-state index contributed by atoms with van der Waals surface area (Å²) < 4.78 is 0. The first-order valence-corrected chi connectivity index (χ1v) is 20.2. The standard InChI is InChI=1S/C42H61N5O14/c1-23-12-25(35(54)29(14-23)41(60)43-16-31(50)37(56)39(58)33(52)21-48)18-46-9-3-4-10-47(20-28-7-5-6-27(45-28)8-11-46)19-26-13-24(2)15-30(36(26)55)42(61)44-17-32(51)38(57)40(59)34(53)22-49/h5-7,12-15,31-34,37-40,48-59H,3-4,8-11,16-22H2,1-2H3,(H,43,60)(H,44,61). The van der Waals surface area contributed by atoms with Crippen LogP contribution in [0.2, 0.25) is 0 Å². The van der Waals surface area contributed by atoms with Crippen LogP contribution >= 0.6 is 0 Å². The fourth-order valence-electron chi connectivity index (χ4n) is 7.14. The molecule has 8 unspecified atom stereocenters. The second-order valence-electron chi connectivity index (χ2n) is 15.7. The third kappa shape index (κ3) is 13.8. The molecule has 338 valence electrons. The van der Waals surface area contributed by atoms with Crippen LogP contribution in [0.3, 0.4) is 0 Å². The SMILES string of the molecule is Cc1cc(CN2CCCCN(Cc3cc(C)cc(C(=O)NCC(O)C(O)C(O)C(O)CO)c3O)Cc3cccc(n3)CC2)c(O)c(C(=O)NCC(O)C(O)C(O)C(O)CO)c1. The van der Waals surface area contributed by atoms with Gasteiger partial charge in [-0.3, -0.25) is 24.4 Å². The Labute approximate surface area is 353 Å². The number of phenols is 2. The van der Waals surface area contributed by atoms with Crippen molar-refractivity contribution >= 4 is 11.8 Å². The lowest BCUT2D eigenvalue weighted by molar-refractivity contribution is -0.113. The van der Waals surface area contributed by atoms with E-state index < -0.39 is 86.9 Å². The molecule has 2 bridgehead atoms. The van der Waals surface area contributed by atoms with E-state index in [9.17, 15) is 60.7 Å². The van der Waals surface area contributed by atoms with Gasteiger partial charge < -0.3 is 71.9 Å². The van der Waals surface area contributed by atoms with Crippen LogP contribution in [0.5, 0.6) is 11.5 Å². The number of hydrogen-bond donors (Lipinski definition) is 14. The number of aliphatic hydroxyl groups excluding tert-OH is 10. The van der Waals surface area contributed by atoms with E-state index in [0.717, 1.165) is 24.2 Å². The van der Waals surface area contributed by atoms with Gasteiger partial charge in [0.2, 0.25) is 0 Å². The number of carbonyl (C=O) groups excluding carboxylic acids is 2. The molecule has 1 aliphatic rings. The highest BCUT2D eigenvalue weighted by Crippen LogP contribution is 2.29. The fourth-order valence-corrected chi connectivity index (χ4v) is 7.14. The highest BCUT2D eigenvalue weighted by Gasteiger charge is 2.32. The average Bonchev–Trinajstić information content (AvgIpc) is 3.24. The van der Waals surface area contributed by atoms with Gasteiger partial charge in [0.1, 0.15) is 48.1 Å². The Hall–Kier alpha value is -4.35. The highest BCUT2D eigenvalue weighted by atomic mass is 16.4. The quantitative estimate of drug-likeness (QED) is 0.0618. The van der Waals surface area contributed by atoms with Crippen molar-refractivity contribution in [1.82, 2.24) is 25.4 Å². The molecule has 0 saturated carbocycles. The van der Waals surface area contributed by atoms with E-state index >= 15 is 0 Å². The number of phenolic OH excluding ortho intramolecular Hbond substituents is 2. The maximum absolute atomic E-state index is 13.2. The second-order valence-corrected chi connectivity index (χ2v) is 15.7. The Kier molecular flexibility index (Phi) is 18.7. The first-order valence-electron chi connectivity index (χ1n) is 20.2. The summed E-state index contributed by atoms with van der Waals surface area (Å²) in [4.78, 5) is 35.5. The number of carbonyl (C=O) groups is 2. The maximum atomic E-state index is 13.2. The van der Waals surface area contributed by atoms with Crippen LogP contribution in [0.1, 0.15) is 67.2 Å². The van der Waals surface area contributed by atoms with Crippen molar-refractivity contribution in [2.45, 2.75) is 102 Å². The van der Waals surface area contributed by atoms with Gasteiger partial charge in [-0.15, -0.1) is 0 Å². The Balaban J connectivity index is 1.45. The predicted octanol–water partition coefficient (Wildman–Crippen LogP) is -2.72. The summed E-state index contributed by atoms with van der Waals surface area (Å²) >= 11 is 0. The van der Waals surface area contributed by atoms with Crippen LogP contribution in [-0.2, 0) is 26.1 Å². The highest BCUT2D eigenvalue weighted by molar-refractivity contribution is 5.98. The maximum Gasteiger partial charge on any atom is 0.255 e. The number of amides is 2. The van der Waals surface area contributed by atoms with Crippen LogP contribution in [0.25, 0.3) is 0 Å². The van der Waals surface area contributed by atoms with Crippen LogP contribution in [0.4, 0.5) is 0 Å². The van der Waals surface area contributed by atoms with Crippen molar-refractivity contribution in [3.63, 3.8) is 0 Å². The third-order valence-corrected chi connectivity index (χ3v) is 10.7. The summed E-state index contributed by atoms with van der Waals surface area (Å²) in [5.74, 6) is -2.01. The molecule has 1 aromatic heterocycles. The van der Waals surface area contributed by atoms with Crippen LogP contribution in [0.15, 0.2) is 42.5 Å². The van der Waals surface area contributed by atoms with Crippen molar-refractivity contribution in [1.29, 1.82) is 0 Å². The molecule has 0 fully saturated rings.